The van der Waals surface area contributed by atoms with E-state index in [0.717, 1.165) is 22.1 Å². The molecule has 0 atom stereocenters. The van der Waals surface area contributed by atoms with Crippen molar-refractivity contribution >= 4 is 35.0 Å². The number of rotatable bonds is 4. The van der Waals surface area contributed by atoms with Crippen molar-refractivity contribution in [2.24, 2.45) is 0 Å². The minimum atomic E-state index is -1.01. The number of aromatic nitrogens is 1. The number of carbonyl (C=O) groups is 2. The summed E-state index contributed by atoms with van der Waals surface area (Å²) >= 11 is 1.25. The molecule has 1 amide bonds. The van der Waals surface area contributed by atoms with Gasteiger partial charge in [-0.3, -0.25) is 9.78 Å². The summed E-state index contributed by atoms with van der Waals surface area (Å²) in [5.74, 6) is -1.25. The summed E-state index contributed by atoms with van der Waals surface area (Å²) in [5.41, 5.74) is 2.46. The highest BCUT2D eigenvalue weighted by Crippen LogP contribution is 2.24. The molecule has 0 fully saturated rings. The van der Waals surface area contributed by atoms with Crippen molar-refractivity contribution in [2.45, 2.75) is 13.8 Å². The lowest BCUT2D eigenvalue weighted by atomic mass is 10.2. The van der Waals surface area contributed by atoms with Gasteiger partial charge in [0.15, 0.2) is 0 Å². The number of pyridine rings is 1. The molecule has 21 heavy (non-hydrogen) atoms. The number of nitrogens with zero attached hydrogens (tertiary/aromatic N) is 1. The molecular weight excluding hydrogens is 288 g/mol. The summed E-state index contributed by atoms with van der Waals surface area (Å²) < 4.78 is 0. The van der Waals surface area contributed by atoms with E-state index in [4.69, 9.17) is 5.11 Å². The minimum absolute atomic E-state index is 0.231. The topological polar surface area (TPSA) is 79.3 Å². The Kier molecular flexibility index (Phi) is 4.49. The zero-order chi connectivity index (χ0) is 15.4. The molecule has 0 saturated carbocycles. The van der Waals surface area contributed by atoms with Gasteiger partial charge in [-0.2, -0.15) is 0 Å². The van der Waals surface area contributed by atoms with Crippen LogP contribution in [-0.2, 0) is 4.79 Å². The van der Waals surface area contributed by atoms with E-state index in [0.29, 0.717) is 10.6 Å². The molecule has 5 nitrogen and oxygen atoms in total. The molecule has 6 heteroatoms. The number of hydrogen-bond donors (Lipinski definition) is 2. The van der Waals surface area contributed by atoms with E-state index >= 15 is 0 Å². The van der Waals surface area contributed by atoms with Crippen molar-refractivity contribution in [1.29, 1.82) is 0 Å². The molecule has 0 aliphatic rings. The third kappa shape index (κ3) is 4.00. The second-order valence-electron chi connectivity index (χ2n) is 4.53. The highest BCUT2D eigenvalue weighted by molar-refractivity contribution is 7.15. The van der Waals surface area contributed by atoms with Crippen molar-refractivity contribution in [2.75, 3.05) is 5.32 Å². The fourth-order valence-electron chi connectivity index (χ4n) is 1.74. The van der Waals surface area contributed by atoms with Crippen LogP contribution in [0.3, 0.4) is 0 Å². The maximum Gasteiger partial charge on any atom is 0.328 e. The number of hydrogen-bond acceptors (Lipinski definition) is 4. The maximum absolute atomic E-state index is 12.2. The fourth-order valence-corrected chi connectivity index (χ4v) is 2.71. The largest absolute Gasteiger partial charge is 0.478 e. The number of nitrogens with one attached hydrogen (secondary N) is 1. The van der Waals surface area contributed by atoms with Gasteiger partial charge in [0.2, 0.25) is 0 Å². The van der Waals surface area contributed by atoms with Crippen molar-refractivity contribution < 1.29 is 14.7 Å². The second kappa shape index (κ2) is 6.32. The Morgan fingerprint density at radius 1 is 1.29 bits per heavy atom. The van der Waals surface area contributed by atoms with Crippen LogP contribution in [0.25, 0.3) is 6.08 Å². The van der Waals surface area contributed by atoms with Crippen molar-refractivity contribution in [3.63, 3.8) is 0 Å². The van der Waals surface area contributed by atoms with Crippen LogP contribution >= 0.6 is 11.3 Å². The Labute approximate surface area is 126 Å². The second-order valence-corrected chi connectivity index (χ2v) is 5.62. The normalized spacial score (nSPS) is 10.8. The van der Waals surface area contributed by atoms with Crippen LogP contribution in [0.2, 0.25) is 0 Å². The lowest BCUT2D eigenvalue weighted by Gasteiger charge is -2.03. The number of amides is 1. The van der Waals surface area contributed by atoms with E-state index in [1.165, 1.54) is 17.4 Å². The van der Waals surface area contributed by atoms with E-state index in [9.17, 15) is 9.59 Å². The highest BCUT2D eigenvalue weighted by Gasteiger charge is 2.12. The number of carboxylic acids is 1. The Bertz CT molecular complexity index is 719. The molecule has 0 saturated heterocycles. The van der Waals surface area contributed by atoms with Gasteiger partial charge >= 0.3 is 5.97 Å². The SMILES string of the molecule is Cc1cncc(NC(=O)c2cc(C)c(/C=C/C(=O)O)s2)c1. The van der Waals surface area contributed by atoms with Gasteiger partial charge in [0.25, 0.3) is 5.91 Å². The van der Waals surface area contributed by atoms with Crippen LogP contribution in [0.1, 0.15) is 25.7 Å². The quantitative estimate of drug-likeness (QED) is 0.850. The van der Waals surface area contributed by atoms with Gasteiger partial charge in [-0.1, -0.05) is 0 Å². The molecule has 0 spiro atoms. The molecule has 2 heterocycles. The molecule has 108 valence electrons. The van der Waals surface area contributed by atoms with Gasteiger partial charge in [-0.05, 0) is 43.2 Å². The molecule has 0 bridgehead atoms. The predicted molar refractivity (Wildman–Crippen MR) is 82.7 cm³/mol. The van der Waals surface area contributed by atoms with Gasteiger partial charge in [0.05, 0.1) is 16.8 Å². The molecule has 2 aromatic heterocycles. The molecule has 0 aliphatic carbocycles. The summed E-state index contributed by atoms with van der Waals surface area (Å²) in [6.45, 7) is 3.73. The average Bonchev–Trinajstić information content (AvgIpc) is 2.78. The van der Waals surface area contributed by atoms with Gasteiger partial charge in [-0.15, -0.1) is 11.3 Å². The van der Waals surface area contributed by atoms with E-state index in [-0.39, 0.29) is 5.91 Å². The highest BCUT2D eigenvalue weighted by atomic mass is 32.1. The zero-order valence-corrected chi connectivity index (χ0v) is 12.4. The van der Waals surface area contributed by atoms with Crippen molar-refractivity contribution in [1.82, 2.24) is 4.98 Å². The van der Waals surface area contributed by atoms with Crippen LogP contribution in [0.4, 0.5) is 5.69 Å². The molecule has 2 N–H and O–H groups in total. The Morgan fingerprint density at radius 2 is 2.05 bits per heavy atom. The van der Waals surface area contributed by atoms with Gasteiger partial charge in [0.1, 0.15) is 0 Å². The van der Waals surface area contributed by atoms with Gasteiger partial charge in [-0.25, -0.2) is 4.79 Å². The van der Waals surface area contributed by atoms with Crippen LogP contribution in [-0.4, -0.2) is 22.0 Å². The summed E-state index contributed by atoms with van der Waals surface area (Å²) in [6.07, 6.45) is 5.84. The first-order valence-corrected chi connectivity index (χ1v) is 7.02. The molecular formula is C15H14N2O3S. The van der Waals surface area contributed by atoms with Gasteiger partial charge in [0, 0.05) is 17.2 Å². The number of carboxylic acid groups (broad SMARTS) is 1. The molecule has 0 aliphatic heterocycles. The molecule has 2 aromatic rings. The Balaban J connectivity index is 2.16. The minimum Gasteiger partial charge on any atom is -0.478 e. The monoisotopic (exact) mass is 302 g/mol. The molecule has 0 radical (unpaired) electrons. The Morgan fingerprint density at radius 3 is 2.71 bits per heavy atom. The maximum atomic E-state index is 12.2. The summed E-state index contributed by atoms with van der Waals surface area (Å²) in [4.78, 5) is 28.0. The molecule has 0 aromatic carbocycles. The summed E-state index contributed by atoms with van der Waals surface area (Å²) in [5, 5.41) is 11.4. The third-order valence-corrected chi connectivity index (χ3v) is 3.89. The van der Waals surface area contributed by atoms with Gasteiger partial charge < -0.3 is 10.4 Å². The number of aryl methyl sites for hydroxylation is 2. The van der Waals surface area contributed by atoms with E-state index in [1.807, 2.05) is 19.9 Å². The molecule has 2 rings (SSSR count). The van der Waals surface area contributed by atoms with E-state index in [2.05, 4.69) is 10.3 Å². The summed E-state index contributed by atoms with van der Waals surface area (Å²) in [6, 6.07) is 3.57. The number of thiophene rings is 1. The van der Waals surface area contributed by atoms with Crippen molar-refractivity contribution in [3.05, 3.63) is 51.5 Å². The first kappa shape index (κ1) is 14.9. The predicted octanol–water partition coefficient (Wildman–Crippen LogP) is 3.11. The van der Waals surface area contributed by atoms with Crippen molar-refractivity contribution in [3.8, 4) is 0 Å². The van der Waals surface area contributed by atoms with Crippen LogP contribution in [0, 0.1) is 13.8 Å². The van der Waals surface area contributed by atoms with Crippen LogP contribution < -0.4 is 5.32 Å². The number of aliphatic carboxylic acids is 1. The first-order chi connectivity index (χ1) is 9.95. The first-order valence-electron chi connectivity index (χ1n) is 6.20. The smallest absolute Gasteiger partial charge is 0.328 e. The van der Waals surface area contributed by atoms with Crippen LogP contribution in [0.5, 0.6) is 0 Å². The van der Waals surface area contributed by atoms with E-state index in [1.54, 1.807) is 18.5 Å². The molecule has 0 unspecified atom stereocenters. The zero-order valence-electron chi connectivity index (χ0n) is 11.6. The Hall–Kier alpha value is -2.47. The lowest BCUT2D eigenvalue weighted by Crippen LogP contribution is -2.10. The number of carbonyl (C=O) groups excluding carboxylic acids is 1. The third-order valence-electron chi connectivity index (χ3n) is 2.69. The fraction of sp³-hybridized carbons (Fsp3) is 0.133. The number of anilines is 1. The van der Waals surface area contributed by atoms with E-state index < -0.39 is 5.97 Å². The lowest BCUT2D eigenvalue weighted by molar-refractivity contribution is -0.131. The average molecular weight is 302 g/mol. The van der Waals surface area contributed by atoms with Crippen LogP contribution in [0.15, 0.2) is 30.6 Å². The standard InChI is InChI=1S/C15H14N2O3S/c1-9-5-11(8-16-7-9)17-15(20)13-6-10(2)12(21-13)3-4-14(18)19/h3-8H,1-2H3,(H,17,20)(H,18,19)/b4-3+. The summed E-state index contributed by atoms with van der Waals surface area (Å²) in [7, 11) is 0.